The Kier molecular flexibility index (Phi) is 2.01. The Morgan fingerprint density at radius 2 is 2.31 bits per heavy atom. The van der Waals surface area contributed by atoms with Crippen molar-refractivity contribution < 1.29 is 0 Å². The number of nitrogens with two attached hydrogens (primary N) is 1. The first kappa shape index (κ1) is 9.78. The Morgan fingerprint density at radius 3 is 3.06 bits per heavy atom. The standard InChI is InChI=1S/C12H16N4/c1-8-15-10-6-9(7-14-11(10)16-8)2-3-12(13)4-5-12/h6-7H,2-5,13H2,1H3,(H,14,15,16). The summed E-state index contributed by atoms with van der Waals surface area (Å²) >= 11 is 0. The number of H-pyrrole nitrogens is 1. The van der Waals surface area contributed by atoms with Crippen LogP contribution in [0.3, 0.4) is 0 Å². The molecule has 1 aliphatic carbocycles. The average molecular weight is 216 g/mol. The van der Waals surface area contributed by atoms with Crippen molar-refractivity contribution in [3.8, 4) is 0 Å². The number of aromatic amines is 1. The quantitative estimate of drug-likeness (QED) is 0.820. The van der Waals surface area contributed by atoms with Crippen LogP contribution < -0.4 is 5.73 Å². The van der Waals surface area contributed by atoms with E-state index >= 15 is 0 Å². The van der Waals surface area contributed by atoms with Gasteiger partial charge >= 0.3 is 0 Å². The minimum absolute atomic E-state index is 0.124. The van der Waals surface area contributed by atoms with Gasteiger partial charge in [0.2, 0.25) is 0 Å². The van der Waals surface area contributed by atoms with Gasteiger partial charge in [0.05, 0.1) is 5.52 Å². The Balaban J connectivity index is 1.81. The van der Waals surface area contributed by atoms with E-state index in [1.54, 1.807) is 0 Å². The molecule has 4 heteroatoms. The number of hydrogen-bond donors (Lipinski definition) is 2. The van der Waals surface area contributed by atoms with Gasteiger partial charge < -0.3 is 10.7 Å². The summed E-state index contributed by atoms with van der Waals surface area (Å²) in [6.07, 6.45) is 6.33. The molecule has 0 atom stereocenters. The van der Waals surface area contributed by atoms with E-state index in [0.29, 0.717) is 0 Å². The van der Waals surface area contributed by atoms with Crippen LogP contribution in [0.4, 0.5) is 0 Å². The number of nitrogens with one attached hydrogen (secondary N) is 1. The van der Waals surface area contributed by atoms with Gasteiger partial charge in [-0.25, -0.2) is 9.97 Å². The summed E-state index contributed by atoms with van der Waals surface area (Å²) in [6.45, 7) is 1.94. The van der Waals surface area contributed by atoms with E-state index in [0.717, 1.165) is 29.8 Å². The SMILES string of the molecule is Cc1nc2ncc(CCC3(N)CC3)cc2[nH]1. The number of aromatic nitrogens is 3. The fourth-order valence-corrected chi connectivity index (χ4v) is 2.00. The molecule has 1 aliphatic rings. The van der Waals surface area contributed by atoms with E-state index < -0.39 is 0 Å². The zero-order valence-electron chi connectivity index (χ0n) is 9.45. The van der Waals surface area contributed by atoms with Crippen LogP contribution >= 0.6 is 0 Å². The Labute approximate surface area is 94.3 Å². The smallest absolute Gasteiger partial charge is 0.177 e. The number of pyridine rings is 1. The van der Waals surface area contributed by atoms with Crippen LogP contribution in [0.5, 0.6) is 0 Å². The maximum absolute atomic E-state index is 6.07. The van der Waals surface area contributed by atoms with Crippen molar-refractivity contribution in [1.82, 2.24) is 15.0 Å². The number of rotatable bonds is 3. The molecular weight excluding hydrogens is 200 g/mol. The number of hydrogen-bond acceptors (Lipinski definition) is 3. The van der Waals surface area contributed by atoms with Gasteiger partial charge in [-0.15, -0.1) is 0 Å². The zero-order chi connectivity index (χ0) is 11.2. The van der Waals surface area contributed by atoms with Crippen LogP contribution in [0.15, 0.2) is 12.3 Å². The lowest BCUT2D eigenvalue weighted by molar-refractivity contribution is 0.609. The Morgan fingerprint density at radius 1 is 1.50 bits per heavy atom. The van der Waals surface area contributed by atoms with Crippen molar-refractivity contribution >= 4 is 11.2 Å². The molecule has 2 aromatic heterocycles. The highest BCUT2D eigenvalue weighted by Gasteiger charge is 2.37. The molecule has 2 heterocycles. The predicted octanol–water partition coefficient (Wildman–Crippen LogP) is 1.69. The van der Waals surface area contributed by atoms with Crippen molar-refractivity contribution in [3.63, 3.8) is 0 Å². The molecule has 3 N–H and O–H groups in total. The second kappa shape index (κ2) is 3.28. The summed E-state index contributed by atoms with van der Waals surface area (Å²) < 4.78 is 0. The van der Waals surface area contributed by atoms with Gasteiger partial charge in [0.1, 0.15) is 5.82 Å². The molecule has 4 nitrogen and oxygen atoms in total. The molecule has 3 rings (SSSR count). The third-order valence-electron chi connectivity index (χ3n) is 3.32. The summed E-state index contributed by atoms with van der Waals surface area (Å²) in [6, 6.07) is 2.13. The second-order valence-corrected chi connectivity index (χ2v) is 4.90. The highest BCUT2D eigenvalue weighted by Crippen LogP contribution is 2.36. The van der Waals surface area contributed by atoms with Crippen molar-refractivity contribution in [2.75, 3.05) is 0 Å². The van der Waals surface area contributed by atoms with E-state index in [4.69, 9.17) is 5.73 Å². The summed E-state index contributed by atoms with van der Waals surface area (Å²) in [4.78, 5) is 11.8. The van der Waals surface area contributed by atoms with Gasteiger partial charge in [0, 0.05) is 11.7 Å². The topological polar surface area (TPSA) is 67.6 Å². The van der Waals surface area contributed by atoms with Gasteiger partial charge in [-0.05, 0) is 44.2 Å². The number of aryl methyl sites for hydroxylation is 2. The van der Waals surface area contributed by atoms with E-state index in [-0.39, 0.29) is 5.54 Å². The minimum Gasteiger partial charge on any atom is -0.341 e. The summed E-state index contributed by atoms with van der Waals surface area (Å²) in [5.41, 5.74) is 9.26. The van der Waals surface area contributed by atoms with Crippen LogP contribution in [0.1, 0.15) is 30.7 Å². The van der Waals surface area contributed by atoms with Crippen LogP contribution in [-0.2, 0) is 6.42 Å². The molecule has 0 aromatic carbocycles. The fraction of sp³-hybridized carbons (Fsp3) is 0.500. The zero-order valence-corrected chi connectivity index (χ0v) is 9.45. The van der Waals surface area contributed by atoms with Gasteiger partial charge in [-0.1, -0.05) is 0 Å². The molecule has 1 fully saturated rings. The molecule has 0 aliphatic heterocycles. The maximum Gasteiger partial charge on any atom is 0.177 e. The van der Waals surface area contributed by atoms with Crippen molar-refractivity contribution in [2.45, 2.75) is 38.1 Å². The van der Waals surface area contributed by atoms with E-state index in [2.05, 4.69) is 21.0 Å². The molecule has 0 radical (unpaired) electrons. The van der Waals surface area contributed by atoms with Crippen molar-refractivity contribution in [1.29, 1.82) is 0 Å². The molecule has 0 saturated heterocycles. The van der Waals surface area contributed by atoms with Gasteiger partial charge in [-0.2, -0.15) is 0 Å². The van der Waals surface area contributed by atoms with Crippen molar-refractivity contribution in [2.24, 2.45) is 5.73 Å². The normalized spacial score (nSPS) is 17.9. The first-order chi connectivity index (χ1) is 7.65. The third-order valence-corrected chi connectivity index (χ3v) is 3.32. The van der Waals surface area contributed by atoms with Gasteiger partial charge in [0.15, 0.2) is 5.65 Å². The largest absolute Gasteiger partial charge is 0.341 e. The predicted molar refractivity (Wildman–Crippen MR) is 63.1 cm³/mol. The van der Waals surface area contributed by atoms with Gasteiger partial charge in [-0.3, -0.25) is 0 Å². The first-order valence-electron chi connectivity index (χ1n) is 5.75. The molecule has 84 valence electrons. The fourth-order valence-electron chi connectivity index (χ4n) is 2.00. The highest BCUT2D eigenvalue weighted by molar-refractivity contribution is 5.70. The average Bonchev–Trinajstić information content (AvgIpc) is 2.87. The summed E-state index contributed by atoms with van der Waals surface area (Å²) in [7, 11) is 0. The Bertz CT molecular complexity index is 525. The van der Waals surface area contributed by atoms with Crippen LogP contribution in [0, 0.1) is 6.92 Å². The molecule has 2 aromatic rings. The summed E-state index contributed by atoms with van der Waals surface area (Å²) in [5.74, 6) is 0.914. The number of imidazole rings is 1. The minimum atomic E-state index is 0.124. The van der Waals surface area contributed by atoms with Crippen LogP contribution in [-0.4, -0.2) is 20.5 Å². The number of nitrogens with zero attached hydrogens (tertiary/aromatic N) is 2. The molecular formula is C12H16N4. The third kappa shape index (κ3) is 1.80. The van der Waals surface area contributed by atoms with E-state index in [9.17, 15) is 0 Å². The van der Waals surface area contributed by atoms with E-state index in [1.165, 1.54) is 18.4 Å². The maximum atomic E-state index is 6.07. The summed E-state index contributed by atoms with van der Waals surface area (Å²) in [5, 5.41) is 0. The lowest BCUT2D eigenvalue weighted by Crippen LogP contribution is -2.22. The lowest BCUT2D eigenvalue weighted by Gasteiger charge is -2.07. The van der Waals surface area contributed by atoms with E-state index in [1.807, 2.05) is 13.1 Å². The molecule has 0 unspecified atom stereocenters. The molecule has 0 bridgehead atoms. The Hall–Kier alpha value is -1.42. The number of fused-ring (bicyclic) bond motifs is 1. The molecule has 1 saturated carbocycles. The van der Waals surface area contributed by atoms with Crippen LogP contribution in [0.2, 0.25) is 0 Å². The van der Waals surface area contributed by atoms with Crippen molar-refractivity contribution in [3.05, 3.63) is 23.7 Å². The van der Waals surface area contributed by atoms with Crippen LogP contribution in [0.25, 0.3) is 11.2 Å². The molecule has 16 heavy (non-hydrogen) atoms. The highest BCUT2D eigenvalue weighted by atomic mass is 15.0. The molecule has 0 amide bonds. The monoisotopic (exact) mass is 216 g/mol. The second-order valence-electron chi connectivity index (χ2n) is 4.90. The van der Waals surface area contributed by atoms with Gasteiger partial charge in [0.25, 0.3) is 0 Å². The first-order valence-corrected chi connectivity index (χ1v) is 5.75. The molecule has 0 spiro atoms. The lowest BCUT2D eigenvalue weighted by atomic mass is 10.1.